The van der Waals surface area contributed by atoms with Crippen molar-refractivity contribution in [3.05, 3.63) is 69.3 Å². The summed E-state index contributed by atoms with van der Waals surface area (Å²) >= 11 is 12.4. The minimum absolute atomic E-state index is 0.0706. The number of benzene rings is 2. The van der Waals surface area contributed by atoms with Gasteiger partial charge in [0, 0.05) is 18.4 Å². The molecule has 0 spiro atoms. The fourth-order valence-corrected chi connectivity index (χ4v) is 4.59. The SMILES string of the molecule is O=C1c2cnc(Nc3ccc4c(c3)CCNC4C(F)(F)F)nc2OCN1c1c(Cl)cccc1Cl. The largest absolute Gasteiger partial charge is 0.455 e. The molecule has 1 atom stereocenters. The highest BCUT2D eigenvalue weighted by atomic mass is 35.5. The number of nitrogens with zero attached hydrogens (tertiary/aromatic N) is 3. The lowest BCUT2D eigenvalue weighted by Crippen LogP contribution is -2.39. The molecule has 0 radical (unpaired) electrons. The van der Waals surface area contributed by atoms with Crippen molar-refractivity contribution in [1.82, 2.24) is 15.3 Å². The third-order valence-electron chi connectivity index (χ3n) is 5.55. The summed E-state index contributed by atoms with van der Waals surface area (Å²) in [5.41, 5.74) is 1.75. The quantitative estimate of drug-likeness (QED) is 0.500. The van der Waals surface area contributed by atoms with E-state index in [1.165, 1.54) is 23.2 Å². The Kier molecular flexibility index (Phi) is 5.75. The van der Waals surface area contributed by atoms with Crippen LogP contribution in [0.25, 0.3) is 0 Å². The maximum atomic E-state index is 13.3. The summed E-state index contributed by atoms with van der Waals surface area (Å²) in [6, 6.07) is 7.80. The lowest BCUT2D eigenvalue weighted by atomic mass is 9.93. The Hall–Kier alpha value is -3.08. The van der Waals surface area contributed by atoms with Gasteiger partial charge in [-0.2, -0.15) is 18.2 Å². The van der Waals surface area contributed by atoms with Crippen molar-refractivity contribution in [2.75, 3.05) is 23.5 Å². The van der Waals surface area contributed by atoms with E-state index in [4.69, 9.17) is 27.9 Å². The van der Waals surface area contributed by atoms with Crippen LogP contribution in [0.1, 0.15) is 27.5 Å². The van der Waals surface area contributed by atoms with Gasteiger partial charge in [0.1, 0.15) is 11.6 Å². The molecule has 0 saturated heterocycles. The monoisotopic (exact) mass is 509 g/mol. The Labute approximate surface area is 201 Å². The number of carbonyl (C=O) groups excluding carboxylic acids is 1. The molecular formula is C22H16Cl2F3N5O2. The van der Waals surface area contributed by atoms with Gasteiger partial charge in [0.05, 0.1) is 15.7 Å². The summed E-state index contributed by atoms with van der Waals surface area (Å²) in [6.45, 7) is 0.0638. The molecule has 0 aliphatic carbocycles. The Bertz CT molecular complexity index is 1270. The van der Waals surface area contributed by atoms with Gasteiger partial charge in [0.25, 0.3) is 5.91 Å². The zero-order valence-electron chi connectivity index (χ0n) is 17.3. The number of carbonyl (C=O) groups is 1. The molecule has 0 saturated carbocycles. The lowest BCUT2D eigenvalue weighted by molar-refractivity contribution is -0.158. The van der Waals surface area contributed by atoms with E-state index in [1.807, 2.05) is 0 Å². The molecule has 34 heavy (non-hydrogen) atoms. The van der Waals surface area contributed by atoms with Crippen LogP contribution in [0, 0.1) is 0 Å². The second-order valence-corrected chi connectivity index (χ2v) is 8.52. The second kappa shape index (κ2) is 8.61. The fourth-order valence-electron chi connectivity index (χ4n) is 3.99. The van der Waals surface area contributed by atoms with E-state index in [-0.39, 0.29) is 36.2 Å². The first kappa shape index (κ1) is 22.7. The van der Waals surface area contributed by atoms with E-state index in [2.05, 4.69) is 20.6 Å². The van der Waals surface area contributed by atoms with Crippen LogP contribution in [-0.2, 0) is 6.42 Å². The lowest BCUT2D eigenvalue weighted by Gasteiger charge is -2.29. The number of nitrogens with one attached hydrogen (secondary N) is 2. The molecule has 0 bridgehead atoms. The van der Waals surface area contributed by atoms with E-state index in [1.54, 1.807) is 24.3 Å². The highest BCUT2D eigenvalue weighted by Crippen LogP contribution is 2.39. The number of aromatic nitrogens is 2. The van der Waals surface area contributed by atoms with Crippen molar-refractivity contribution in [3.8, 4) is 5.88 Å². The minimum atomic E-state index is -4.38. The summed E-state index contributed by atoms with van der Waals surface area (Å²) in [6.07, 6.45) is -2.61. The van der Waals surface area contributed by atoms with Gasteiger partial charge in [0.15, 0.2) is 6.73 Å². The summed E-state index contributed by atoms with van der Waals surface area (Å²) in [7, 11) is 0. The zero-order valence-corrected chi connectivity index (χ0v) is 18.8. The van der Waals surface area contributed by atoms with Crippen molar-refractivity contribution < 1.29 is 22.7 Å². The number of hydrogen-bond donors (Lipinski definition) is 2. The average Bonchev–Trinajstić information content (AvgIpc) is 2.79. The van der Waals surface area contributed by atoms with Gasteiger partial charge in [-0.25, -0.2) is 4.98 Å². The topological polar surface area (TPSA) is 79.4 Å². The van der Waals surface area contributed by atoms with E-state index < -0.39 is 18.1 Å². The van der Waals surface area contributed by atoms with Gasteiger partial charge < -0.3 is 15.4 Å². The normalized spacial score (nSPS) is 17.6. The summed E-state index contributed by atoms with van der Waals surface area (Å²) in [4.78, 5) is 22.7. The number of para-hydroxylation sites is 1. The molecular weight excluding hydrogens is 494 g/mol. The molecule has 1 amide bonds. The van der Waals surface area contributed by atoms with Crippen molar-refractivity contribution in [2.45, 2.75) is 18.6 Å². The molecule has 2 aromatic carbocycles. The van der Waals surface area contributed by atoms with Gasteiger partial charge in [-0.1, -0.05) is 35.3 Å². The number of anilines is 3. The van der Waals surface area contributed by atoms with Crippen molar-refractivity contribution in [3.63, 3.8) is 0 Å². The molecule has 3 heterocycles. The van der Waals surface area contributed by atoms with Crippen LogP contribution in [0.2, 0.25) is 10.0 Å². The highest BCUT2D eigenvalue weighted by Gasteiger charge is 2.42. The molecule has 2 aliphatic rings. The molecule has 0 fully saturated rings. The van der Waals surface area contributed by atoms with Gasteiger partial charge in [0.2, 0.25) is 11.8 Å². The molecule has 2 N–H and O–H groups in total. The molecule has 7 nitrogen and oxygen atoms in total. The first-order chi connectivity index (χ1) is 16.2. The third-order valence-corrected chi connectivity index (χ3v) is 6.16. The predicted octanol–water partition coefficient (Wildman–Crippen LogP) is 5.27. The summed E-state index contributed by atoms with van der Waals surface area (Å²) < 4.78 is 45.5. The highest BCUT2D eigenvalue weighted by molar-refractivity contribution is 6.40. The molecule has 1 unspecified atom stereocenters. The number of ether oxygens (including phenoxy) is 1. The Morgan fingerprint density at radius 2 is 1.94 bits per heavy atom. The van der Waals surface area contributed by atoms with Crippen LogP contribution < -0.4 is 20.3 Å². The van der Waals surface area contributed by atoms with Crippen LogP contribution in [0.5, 0.6) is 5.88 Å². The van der Waals surface area contributed by atoms with Gasteiger partial charge in [-0.3, -0.25) is 9.69 Å². The number of rotatable bonds is 3. The van der Waals surface area contributed by atoms with E-state index in [9.17, 15) is 18.0 Å². The first-order valence-corrected chi connectivity index (χ1v) is 10.9. The Morgan fingerprint density at radius 1 is 1.18 bits per heavy atom. The summed E-state index contributed by atoms with van der Waals surface area (Å²) in [5.74, 6) is -0.222. The molecule has 12 heteroatoms. The number of halogens is 5. The second-order valence-electron chi connectivity index (χ2n) is 7.71. The molecule has 1 aromatic heterocycles. The van der Waals surface area contributed by atoms with Crippen molar-refractivity contribution in [2.24, 2.45) is 0 Å². The standard InChI is InChI=1S/C22H16Cl2F3N5O2/c23-15-2-1-3-16(24)17(15)32-10-34-19-14(20(32)33)9-29-21(31-19)30-12-4-5-13-11(8-12)6-7-28-18(13)22(25,26)27/h1-5,8-9,18,28H,6-7,10H2,(H,29,30,31). The van der Waals surface area contributed by atoms with Gasteiger partial charge in [-0.15, -0.1) is 0 Å². The average molecular weight is 510 g/mol. The maximum Gasteiger partial charge on any atom is 0.407 e. The number of hydrogen-bond acceptors (Lipinski definition) is 6. The number of alkyl halides is 3. The van der Waals surface area contributed by atoms with E-state index >= 15 is 0 Å². The molecule has 3 aromatic rings. The number of fused-ring (bicyclic) bond motifs is 2. The Morgan fingerprint density at radius 3 is 2.68 bits per heavy atom. The molecule has 2 aliphatic heterocycles. The van der Waals surface area contributed by atoms with Crippen LogP contribution >= 0.6 is 23.2 Å². The third kappa shape index (κ3) is 4.13. The predicted molar refractivity (Wildman–Crippen MR) is 121 cm³/mol. The Balaban J connectivity index is 1.38. The van der Waals surface area contributed by atoms with Crippen LogP contribution in [0.15, 0.2) is 42.6 Å². The fraction of sp³-hybridized carbons (Fsp3) is 0.227. The maximum absolute atomic E-state index is 13.3. The smallest absolute Gasteiger partial charge is 0.407 e. The summed E-state index contributed by atoms with van der Waals surface area (Å²) in [5, 5.41) is 6.06. The van der Waals surface area contributed by atoms with Crippen molar-refractivity contribution >= 4 is 46.4 Å². The number of amides is 1. The van der Waals surface area contributed by atoms with Gasteiger partial charge in [-0.05, 0) is 41.8 Å². The van der Waals surface area contributed by atoms with Gasteiger partial charge >= 0.3 is 6.18 Å². The van der Waals surface area contributed by atoms with E-state index in [0.29, 0.717) is 33.4 Å². The molecule has 176 valence electrons. The van der Waals surface area contributed by atoms with Crippen LogP contribution in [0.3, 0.4) is 0 Å². The van der Waals surface area contributed by atoms with E-state index in [0.717, 1.165) is 0 Å². The zero-order chi connectivity index (χ0) is 24.0. The first-order valence-electron chi connectivity index (χ1n) is 10.2. The van der Waals surface area contributed by atoms with Crippen LogP contribution in [0.4, 0.5) is 30.5 Å². The minimum Gasteiger partial charge on any atom is -0.455 e. The van der Waals surface area contributed by atoms with Crippen LogP contribution in [-0.4, -0.2) is 35.3 Å². The molecule has 5 rings (SSSR count). The van der Waals surface area contributed by atoms with Crippen molar-refractivity contribution in [1.29, 1.82) is 0 Å².